The molecular formula is C16H26BrN3. The third kappa shape index (κ3) is 4.45. The second-order valence-electron chi connectivity index (χ2n) is 6.43. The van der Waals surface area contributed by atoms with E-state index in [9.17, 15) is 0 Å². The largest absolute Gasteiger partial charge is 0.354 e. The maximum Gasteiger partial charge on any atom is 0.133 e. The van der Waals surface area contributed by atoms with Gasteiger partial charge in [0.2, 0.25) is 0 Å². The van der Waals surface area contributed by atoms with E-state index >= 15 is 0 Å². The van der Waals surface area contributed by atoms with Crippen molar-refractivity contribution in [1.82, 2.24) is 10.3 Å². The van der Waals surface area contributed by atoms with Gasteiger partial charge < -0.3 is 10.2 Å². The standard InChI is InChI=1S/C16H26BrN3/c1-11(2)10-20(12(3)4)16-13(7-14(17)9-19-16)8-18-15-5-6-15/h7,9,11-12,15,18H,5-6,8,10H2,1-4H3. The van der Waals surface area contributed by atoms with Crippen molar-refractivity contribution in [2.75, 3.05) is 11.4 Å². The van der Waals surface area contributed by atoms with E-state index in [1.54, 1.807) is 0 Å². The zero-order valence-electron chi connectivity index (χ0n) is 13.0. The number of hydrogen-bond acceptors (Lipinski definition) is 3. The highest BCUT2D eigenvalue weighted by Crippen LogP contribution is 2.26. The Bertz CT molecular complexity index is 441. The fourth-order valence-corrected chi connectivity index (χ4v) is 2.72. The van der Waals surface area contributed by atoms with Crippen LogP contribution in [0.1, 0.15) is 46.1 Å². The number of hydrogen-bond donors (Lipinski definition) is 1. The summed E-state index contributed by atoms with van der Waals surface area (Å²) in [6.07, 6.45) is 4.54. The van der Waals surface area contributed by atoms with Gasteiger partial charge in [-0.3, -0.25) is 0 Å². The van der Waals surface area contributed by atoms with Crippen molar-refractivity contribution in [2.24, 2.45) is 5.92 Å². The van der Waals surface area contributed by atoms with Crippen LogP contribution < -0.4 is 10.2 Å². The molecule has 1 heterocycles. The highest BCUT2D eigenvalue weighted by molar-refractivity contribution is 9.10. The van der Waals surface area contributed by atoms with Gasteiger partial charge in [-0.05, 0) is 54.6 Å². The van der Waals surface area contributed by atoms with Gasteiger partial charge in [0.1, 0.15) is 5.82 Å². The van der Waals surface area contributed by atoms with Crippen molar-refractivity contribution in [3.8, 4) is 0 Å². The van der Waals surface area contributed by atoms with Gasteiger partial charge in [-0.2, -0.15) is 0 Å². The zero-order valence-corrected chi connectivity index (χ0v) is 14.6. The molecule has 1 N–H and O–H groups in total. The van der Waals surface area contributed by atoms with Crippen LogP contribution in [0.2, 0.25) is 0 Å². The van der Waals surface area contributed by atoms with Gasteiger partial charge in [0.15, 0.2) is 0 Å². The first kappa shape index (κ1) is 15.8. The molecule has 0 saturated heterocycles. The molecule has 0 unspecified atom stereocenters. The van der Waals surface area contributed by atoms with Gasteiger partial charge in [0, 0.05) is 41.4 Å². The molecule has 20 heavy (non-hydrogen) atoms. The van der Waals surface area contributed by atoms with E-state index < -0.39 is 0 Å². The molecule has 0 amide bonds. The summed E-state index contributed by atoms with van der Waals surface area (Å²) in [5.74, 6) is 1.76. The molecule has 2 rings (SSSR count). The molecule has 1 saturated carbocycles. The molecule has 3 nitrogen and oxygen atoms in total. The van der Waals surface area contributed by atoms with E-state index in [0.29, 0.717) is 12.0 Å². The lowest BCUT2D eigenvalue weighted by molar-refractivity contribution is 0.561. The summed E-state index contributed by atoms with van der Waals surface area (Å²) in [7, 11) is 0. The molecule has 0 aliphatic heterocycles. The fraction of sp³-hybridized carbons (Fsp3) is 0.688. The highest BCUT2D eigenvalue weighted by Gasteiger charge is 2.22. The fourth-order valence-electron chi connectivity index (χ4n) is 2.34. The molecule has 1 aliphatic carbocycles. The lowest BCUT2D eigenvalue weighted by Gasteiger charge is -2.31. The van der Waals surface area contributed by atoms with Crippen molar-refractivity contribution in [3.63, 3.8) is 0 Å². The summed E-state index contributed by atoms with van der Waals surface area (Å²) in [6, 6.07) is 3.39. The van der Waals surface area contributed by atoms with Crippen LogP contribution in [0.3, 0.4) is 0 Å². The quantitative estimate of drug-likeness (QED) is 0.814. The third-order valence-corrected chi connectivity index (χ3v) is 3.96. The Kier molecular flexibility index (Phi) is 5.44. The first-order valence-corrected chi connectivity index (χ1v) is 8.41. The van der Waals surface area contributed by atoms with E-state index in [-0.39, 0.29) is 0 Å². The Morgan fingerprint density at radius 1 is 1.35 bits per heavy atom. The first-order chi connectivity index (χ1) is 9.47. The molecule has 1 aromatic heterocycles. The van der Waals surface area contributed by atoms with E-state index in [2.05, 4.69) is 59.9 Å². The molecule has 0 radical (unpaired) electrons. The Morgan fingerprint density at radius 2 is 2.05 bits per heavy atom. The molecule has 4 heteroatoms. The summed E-state index contributed by atoms with van der Waals surface area (Å²) in [5, 5.41) is 3.60. The predicted molar refractivity (Wildman–Crippen MR) is 89.1 cm³/mol. The minimum absolute atomic E-state index is 0.464. The second-order valence-corrected chi connectivity index (χ2v) is 7.35. The zero-order chi connectivity index (χ0) is 14.7. The van der Waals surface area contributed by atoms with Crippen LogP contribution in [0.4, 0.5) is 5.82 Å². The van der Waals surface area contributed by atoms with Gasteiger partial charge in [-0.25, -0.2) is 4.98 Å². The maximum absolute atomic E-state index is 4.69. The Morgan fingerprint density at radius 3 is 2.60 bits per heavy atom. The van der Waals surface area contributed by atoms with Crippen molar-refractivity contribution in [1.29, 1.82) is 0 Å². The SMILES string of the molecule is CC(C)CN(c1ncc(Br)cc1CNC1CC1)C(C)C. The average molecular weight is 340 g/mol. The summed E-state index contributed by atoms with van der Waals surface area (Å²) in [5.41, 5.74) is 1.29. The molecule has 1 aliphatic rings. The lowest BCUT2D eigenvalue weighted by atomic mass is 10.1. The van der Waals surface area contributed by atoms with E-state index in [1.807, 2.05) is 6.20 Å². The van der Waals surface area contributed by atoms with Crippen LogP contribution in [-0.4, -0.2) is 23.6 Å². The van der Waals surface area contributed by atoms with Gasteiger partial charge >= 0.3 is 0 Å². The minimum atomic E-state index is 0.464. The van der Waals surface area contributed by atoms with Crippen LogP contribution in [0.15, 0.2) is 16.7 Å². The number of anilines is 1. The Hall–Kier alpha value is -0.610. The third-order valence-electron chi connectivity index (χ3n) is 3.53. The molecular weight excluding hydrogens is 314 g/mol. The molecule has 0 atom stereocenters. The molecule has 0 bridgehead atoms. The Labute approximate surface area is 131 Å². The van der Waals surface area contributed by atoms with Crippen LogP contribution in [0.5, 0.6) is 0 Å². The van der Waals surface area contributed by atoms with Gasteiger partial charge in [-0.15, -0.1) is 0 Å². The van der Waals surface area contributed by atoms with Crippen LogP contribution >= 0.6 is 15.9 Å². The highest BCUT2D eigenvalue weighted by atomic mass is 79.9. The molecule has 0 spiro atoms. The van der Waals surface area contributed by atoms with Crippen molar-refractivity contribution in [3.05, 3.63) is 22.3 Å². The van der Waals surface area contributed by atoms with Crippen LogP contribution in [-0.2, 0) is 6.54 Å². The average Bonchev–Trinajstić information content (AvgIpc) is 3.17. The number of nitrogens with zero attached hydrogens (tertiary/aromatic N) is 2. The van der Waals surface area contributed by atoms with E-state index in [4.69, 9.17) is 4.98 Å². The van der Waals surface area contributed by atoms with Crippen molar-refractivity contribution < 1.29 is 0 Å². The van der Waals surface area contributed by atoms with Crippen molar-refractivity contribution in [2.45, 2.75) is 59.2 Å². The summed E-state index contributed by atoms with van der Waals surface area (Å²) >= 11 is 3.55. The predicted octanol–water partition coefficient (Wildman–Crippen LogP) is 3.97. The molecule has 1 aromatic rings. The maximum atomic E-state index is 4.69. The topological polar surface area (TPSA) is 28.2 Å². The minimum Gasteiger partial charge on any atom is -0.354 e. The molecule has 1 fully saturated rings. The first-order valence-electron chi connectivity index (χ1n) is 7.61. The number of nitrogens with one attached hydrogen (secondary N) is 1. The number of pyridine rings is 1. The van der Waals surface area contributed by atoms with Crippen molar-refractivity contribution >= 4 is 21.7 Å². The van der Waals surface area contributed by atoms with Gasteiger partial charge in [0.25, 0.3) is 0 Å². The van der Waals surface area contributed by atoms with Gasteiger partial charge in [0.05, 0.1) is 0 Å². The summed E-state index contributed by atoms with van der Waals surface area (Å²) < 4.78 is 1.06. The van der Waals surface area contributed by atoms with Crippen LogP contribution in [0, 0.1) is 5.92 Å². The lowest BCUT2D eigenvalue weighted by Crippen LogP contribution is -2.36. The molecule has 112 valence electrons. The summed E-state index contributed by atoms with van der Waals surface area (Å²) in [6.45, 7) is 11.0. The monoisotopic (exact) mass is 339 g/mol. The van der Waals surface area contributed by atoms with E-state index in [1.165, 1.54) is 18.4 Å². The smallest absolute Gasteiger partial charge is 0.133 e. The van der Waals surface area contributed by atoms with Gasteiger partial charge in [-0.1, -0.05) is 13.8 Å². The molecule has 0 aromatic carbocycles. The second kappa shape index (κ2) is 6.90. The van der Waals surface area contributed by atoms with Crippen LogP contribution in [0.25, 0.3) is 0 Å². The summed E-state index contributed by atoms with van der Waals surface area (Å²) in [4.78, 5) is 7.11. The number of aromatic nitrogens is 1. The normalized spacial score (nSPS) is 15.2. The van der Waals surface area contributed by atoms with E-state index in [0.717, 1.165) is 29.4 Å². The number of rotatable bonds is 7. The Balaban J connectivity index is 2.21. The number of halogens is 1.